The van der Waals surface area contributed by atoms with Crippen LogP contribution in [0, 0.1) is 0 Å². The van der Waals surface area contributed by atoms with Gasteiger partial charge in [0.2, 0.25) is 0 Å². The molecule has 0 spiro atoms. The van der Waals surface area contributed by atoms with E-state index in [1.165, 1.54) is 16.2 Å². The van der Waals surface area contributed by atoms with Crippen LogP contribution in [0.4, 0.5) is 0 Å². The number of aromatic nitrogens is 2. The van der Waals surface area contributed by atoms with E-state index in [0.29, 0.717) is 33.0 Å². The SMILES string of the molecule is CCCCc1cc(O)c2sc3nc(-c4ccccc4OC)n(CCc4cccs4)c(=O)c3c2c1. The summed E-state index contributed by atoms with van der Waals surface area (Å²) in [7, 11) is 1.63. The highest BCUT2D eigenvalue weighted by Gasteiger charge is 2.21. The highest BCUT2D eigenvalue weighted by molar-refractivity contribution is 7.25. The summed E-state index contributed by atoms with van der Waals surface area (Å²) >= 11 is 3.05. The molecule has 1 N–H and O–H groups in total. The van der Waals surface area contributed by atoms with Crippen molar-refractivity contribution in [3.05, 3.63) is 74.7 Å². The number of nitrogens with zero attached hydrogens (tertiary/aromatic N) is 2. The van der Waals surface area contributed by atoms with Crippen molar-refractivity contribution in [1.82, 2.24) is 9.55 Å². The molecule has 34 heavy (non-hydrogen) atoms. The van der Waals surface area contributed by atoms with Crippen molar-refractivity contribution in [3.63, 3.8) is 0 Å². The van der Waals surface area contributed by atoms with Gasteiger partial charge in [-0.15, -0.1) is 22.7 Å². The van der Waals surface area contributed by atoms with Gasteiger partial charge >= 0.3 is 0 Å². The van der Waals surface area contributed by atoms with Gasteiger partial charge in [0.1, 0.15) is 22.2 Å². The van der Waals surface area contributed by atoms with Gasteiger partial charge in [0.05, 0.1) is 22.8 Å². The molecule has 0 bridgehead atoms. The average Bonchev–Trinajstić information content (AvgIpc) is 3.50. The number of hydrogen-bond donors (Lipinski definition) is 1. The highest BCUT2D eigenvalue weighted by atomic mass is 32.1. The van der Waals surface area contributed by atoms with Gasteiger partial charge in [0, 0.05) is 16.8 Å². The summed E-state index contributed by atoms with van der Waals surface area (Å²) in [6, 6.07) is 15.6. The van der Waals surface area contributed by atoms with E-state index in [4.69, 9.17) is 9.72 Å². The van der Waals surface area contributed by atoms with E-state index < -0.39 is 0 Å². The number of phenols is 1. The maximum absolute atomic E-state index is 14.0. The lowest BCUT2D eigenvalue weighted by molar-refractivity contribution is 0.415. The molecule has 5 aromatic rings. The topological polar surface area (TPSA) is 64.4 Å². The van der Waals surface area contributed by atoms with Gasteiger partial charge in [0.25, 0.3) is 5.56 Å². The Morgan fingerprint density at radius 1 is 1.12 bits per heavy atom. The van der Waals surface area contributed by atoms with Crippen molar-refractivity contribution in [2.24, 2.45) is 0 Å². The first-order chi connectivity index (χ1) is 16.6. The lowest BCUT2D eigenvalue weighted by atomic mass is 10.0. The van der Waals surface area contributed by atoms with Crippen molar-refractivity contribution in [2.75, 3.05) is 7.11 Å². The minimum atomic E-state index is -0.0826. The second kappa shape index (κ2) is 9.60. The second-order valence-electron chi connectivity index (χ2n) is 8.30. The van der Waals surface area contributed by atoms with Crippen molar-refractivity contribution in [2.45, 2.75) is 39.2 Å². The second-order valence-corrected chi connectivity index (χ2v) is 10.3. The number of aromatic hydroxyl groups is 1. The van der Waals surface area contributed by atoms with Gasteiger partial charge in [-0.3, -0.25) is 9.36 Å². The quantitative estimate of drug-likeness (QED) is 0.265. The van der Waals surface area contributed by atoms with Crippen LogP contribution in [0.15, 0.2) is 58.7 Å². The first-order valence-corrected chi connectivity index (χ1v) is 13.1. The molecule has 174 valence electrons. The van der Waals surface area contributed by atoms with Crippen LogP contribution < -0.4 is 10.3 Å². The van der Waals surface area contributed by atoms with E-state index >= 15 is 0 Å². The number of phenolic OH excluding ortho intramolecular Hbond substituents is 1. The zero-order chi connectivity index (χ0) is 23.7. The summed E-state index contributed by atoms with van der Waals surface area (Å²) in [6.45, 7) is 2.66. The molecule has 3 aromatic heterocycles. The summed E-state index contributed by atoms with van der Waals surface area (Å²) in [5, 5.41) is 14.2. The van der Waals surface area contributed by atoms with E-state index in [1.807, 2.05) is 41.8 Å². The van der Waals surface area contributed by atoms with Crippen molar-refractivity contribution < 1.29 is 9.84 Å². The molecule has 2 aromatic carbocycles. The molecule has 7 heteroatoms. The molecule has 5 rings (SSSR count). The Morgan fingerprint density at radius 2 is 1.97 bits per heavy atom. The van der Waals surface area contributed by atoms with Gasteiger partial charge in [0.15, 0.2) is 0 Å². The predicted molar refractivity (Wildman–Crippen MR) is 142 cm³/mol. The summed E-state index contributed by atoms with van der Waals surface area (Å²) in [5.41, 5.74) is 1.74. The van der Waals surface area contributed by atoms with Gasteiger partial charge in [-0.2, -0.15) is 0 Å². The summed E-state index contributed by atoms with van der Waals surface area (Å²) in [6.07, 6.45) is 3.72. The Balaban J connectivity index is 1.76. The molecule has 0 saturated heterocycles. The van der Waals surface area contributed by atoms with Crippen molar-refractivity contribution in [1.29, 1.82) is 0 Å². The minimum Gasteiger partial charge on any atom is -0.506 e. The van der Waals surface area contributed by atoms with Gasteiger partial charge in [-0.25, -0.2) is 4.98 Å². The Kier molecular flexibility index (Phi) is 6.39. The summed E-state index contributed by atoms with van der Waals surface area (Å²) in [4.78, 5) is 20.8. The van der Waals surface area contributed by atoms with Crippen LogP contribution in [0.3, 0.4) is 0 Å². The third kappa shape index (κ3) is 4.10. The summed E-state index contributed by atoms with van der Waals surface area (Å²) in [5.74, 6) is 1.48. The Morgan fingerprint density at radius 3 is 2.74 bits per heavy atom. The fourth-order valence-corrected chi connectivity index (χ4v) is 6.10. The van der Waals surface area contributed by atoms with Gasteiger partial charge in [-0.1, -0.05) is 31.5 Å². The number of benzene rings is 2. The number of fused-ring (bicyclic) bond motifs is 3. The number of hydrogen-bond acceptors (Lipinski definition) is 6. The zero-order valence-corrected chi connectivity index (χ0v) is 20.8. The molecule has 0 aliphatic rings. The molecule has 5 nitrogen and oxygen atoms in total. The van der Waals surface area contributed by atoms with E-state index in [0.717, 1.165) is 42.2 Å². The van der Waals surface area contributed by atoms with E-state index in [-0.39, 0.29) is 11.3 Å². The molecule has 0 radical (unpaired) electrons. The molecule has 0 aliphatic carbocycles. The van der Waals surface area contributed by atoms with E-state index in [1.54, 1.807) is 23.0 Å². The average molecular weight is 491 g/mol. The van der Waals surface area contributed by atoms with Crippen molar-refractivity contribution in [3.8, 4) is 22.9 Å². The lowest BCUT2D eigenvalue weighted by Crippen LogP contribution is -2.24. The third-order valence-corrected chi connectivity index (χ3v) is 8.12. The number of para-hydroxylation sites is 1. The molecule has 0 unspecified atom stereocenters. The monoisotopic (exact) mass is 490 g/mol. The minimum absolute atomic E-state index is 0.0826. The molecule has 0 fully saturated rings. The van der Waals surface area contributed by atoms with Crippen LogP contribution in [0.1, 0.15) is 30.2 Å². The third-order valence-electron chi connectivity index (χ3n) is 6.06. The van der Waals surface area contributed by atoms with E-state index in [9.17, 15) is 9.90 Å². The number of aryl methyl sites for hydroxylation is 2. The number of thiophene rings is 2. The van der Waals surface area contributed by atoms with Crippen LogP contribution in [0.25, 0.3) is 31.7 Å². The fraction of sp³-hybridized carbons (Fsp3) is 0.259. The molecule has 0 atom stereocenters. The van der Waals surface area contributed by atoms with Crippen LogP contribution in [-0.2, 0) is 19.4 Å². The van der Waals surface area contributed by atoms with Crippen LogP contribution >= 0.6 is 22.7 Å². The number of rotatable bonds is 8. The van der Waals surface area contributed by atoms with Crippen molar-refractivity contribution >= 4 is 43.0 Å². The van der Waals surface area contributed by atoms with Crippen LogP contribution in [0.2, 0.25) is 0 Å². The van der Waals surface area contributed by atoms with Gasteiger partial charge in [-0.05, 0) is 60.5 Å². The smallest absolute Gasteiger partial charge is 0.263 e. The van der Waals surface area contributed by atoms with E-state index in [2.05, 4.69) is 19.1 Å². The Bertz CT molecular complexity index is 1520. The van der Waals surface area contributed by atoms with Crippen LogP contribution in [0.5, 0.6) is 11.5 Å². The predicted octanol–water partition coefficient (Wildman–Crippen LogP) is 6.64. The molecular weight excluding hydrogens is 464 g/mol. The first-order valence-electron chi connectivity index (χ1n) is 11.5. The maximum Gasteiger partial charge on any atom is 0.263 e. The van der Waals surface area contributed by atoms with Crippen LogP contribution in [-0.4, -0.2) is 21.8 Å². The highest BCUT2D eigenvalue weighted by Crippen LogP contribution is 2.39. The molecular formula is C27H26N2O3S2. The normalized spacial score (nSPS) is 11.5. The molecule has 3 heterocycles. The molecule has 0 aliphatic heterocycles. The zero-order valence-electron chi connectivity index (χ0n) is 19.2. The van der Waals surface area contributed by atoms with Gasteiger partial charge < -0.3 is 9.84 Å². The lowest BCUT2D eigenvalue weighted by Gasteiger charge is -2.14. The first kappa shape index (κ1) is 22.6. The Labute approximate surface area is 205 Å². The number of methoxy groups -OCH3 is 1. The molecule has 0 amide bonds. The molecule has 0 saturated carbocycles. The Hall–Kier alpha value is -3.16. The largest absolute Gasteiger partial charge is 0.506 e. The standard InChI is InChI=1S/C27H26N2O3S2/c1-3-4-8-17-15-20-23-26(34-24(20)21(30)16-17)28-25(19-10-5-6-11-22(19)32-2)29(27(23)31)13-12-18-9-7-14-33-18/h5-7,9-11,14-16,30H,3-4,8,12-13H2,1-2H3. The number of ether oxygens (including phenoxy) is 1. The fourth-order valence-electron chi connectivity index (χ4n) is 4.35. The number of unbranched alkanes of at least 4 members (excludes halogenated alkanes) is 1. The maximum atomic E-state index is 14.0. The summed E-state index contributed by atoms with van der Waals surface area (Å²) < 4.78 is 8.07.